The van der Waals surface area contributed by atoms with Gasteiger partial charge in [-0.1, -0.05) is 6.92 Å². The van der Waals surface area contributed by atoms with Gasteiger partial charge in [0, 0.05) is 36.8 Å². The molecule has 8 nitrogen and oxygen atoms in total. The van der Waals surface area contributed by atoms with E-state index in [1.54, 1.807) is 16.9 Å². The third-order valence-electron chi connectivity index (χ3n) is 7.18. The molecule has 0 spiro atoms. The summed E-state index contributed by atoms with van der Waals surface area (Å²) in [5, 5.41) is 17.1. The van der Waals surface area contributed by atoms with Crippen LogP contribution in [0.5, 0.6) is 5.75 Å². The average molecular weight is 493 g/mol. The molecule has 0 aromatic carbocycles. The molecular formula is C26H32N6O2S. The van der Waals surface area contributed by atoms with Crippen LogP contribution in [0.25, 0.3) is 16.6 Å². The molecule has 3 aromatic rings. The highest BCUT2D eigenvalue weighted by molar-refractivity contribution is 7.59. The first-order valence-corrected chi connectivity index (χ1v) is 12.0. The molecule has 0 amide bonds. The lowest BCUT2D eigenvalue weighted by atomic mass is 9.75. The molecular weight excluding hydrogens is 460 g/mol. The Kier molecular flexibility index (Phi) is 7.33. The summed E-state index contributed by atoms with van der Waals surface area (Å²) in [6.07, 6.45) is 8.82. The molecule has 1 atom stereocenters. The highest BCUT2D eigenvalue weighted by Crippen LogP contribution is 2.37. The number of carbonyl (C=O) groups excluding carboxylic acids is 1. The van der Waals surface area contributed by atoms with E-state index in [0.29, 0.717) is 30.1 Å². The van der Waals surface area contributed by atoms with Crippen molar-refractivity contribution < 1.29 is 9.53 Å². The fourth-order valence-electron chi connectivity index (χ4n) is 4.94. The van der Waals surface area contributed by atoms with Gasteiger partial charge in [-0.3, -0.25) is 4.79 Å². The summed E-state index contributed by atoms with van der Waals surface area (Å²) in [4.78, 5) is 19.5. The number of Topliss-reactive ketones (excluding diaryl/α,β-unsaturated/α-hetero) is 1. The van der Waals surface area contributed by atoms with E-state index in [1.165, 1.54) is 0 Å². The third-order valence-corrected chi connectivity index (χ3v) is 7.18. The number of nitriles is 1. The number of ether oxygens (including phenoxy) is 1. The Morgan fingerprint density at radius 1 is 1.31 bits per heavy atom. The SMILES string of the molecule is CCOc1cc(-c2ccc(N3CCC(C)(CC(=O)[C@@H]4CCN4)CC3)nc2)c2c(C#N)cnn2c1.S. The van der Waals surface area contributed by atoms with Crippen LogP contribution in [-0.4, -0.2) is 52.7 Å². The van der Waals surface area contributed by atoms with Gasteiger partial charge in [0.25, 0.3) is 0 Å². The second-order valence-corrected chi connectivity index (χ2v) is 9.63. The second-order valence-electron chi connectivity index (χ2n) is 9.63. The number of fused-ring (bicyclic) bond motifs is 1. The Labute approximate surface area is 212 Å². The topological polar surface area (TPSA) is 95.5 Å². The number of pyridine rings is 2. The zero-order chi connectivity index (χ0) is 23.7. The molecule has 35 heavy (non-hydrogen) atoms. The van der Waals surface area contributed by atoms with Gasteiger partial charge in [0.05, 0.1) is 36.1 Å². The highest BCUT2D eigenvalue weighted by Gasteiger charge is 2.35. The van der Waals surface area contributed by atoms with Crippen LogP contribution in [0.3, 0.4) is 0 Å². The second kappa shape index (κ2) is 10.3. The lowest BCUT2D eigenvalue weighted by Crippen LogP contribution is -2.50. The molecule has 0 radical (unpaired) electrons. The number of hydrogen-bond acceptors (Lipinski definition) is 7. The van der Waals surface area contributed by atoms with Gasteiger partial charge in [-0.05, 0) is 56.3 Å². The van der Waals surface area contributed by atoms with Crippen molar-refractivity contribution in [2.45, 2.75) is 45.6 Å². The predicted octanol–water partition coefficient (Wildman–Crippen LogP) is 3.71. The number of nitrogens with one attached hydrogen (secondary N) is 1. The Bertz CT molecular complexity index is 1240. The van der Waals surface area contributed by atoms with Gasteiger partial charge < -0.3 is 15.0 Å². The van der Waals surface area contributed by atoms with Crippen LogP contribution in [0.1, 0.15) is 45.1 Å². The summed E-state index contributed by atoms with van der Waals surface area (Å²) in [7, 11) is 0. The molecule has 2 fully saturated rings. The number of carbonyl (C=O) groups is 1. The highest BCUT2D eigenvalue weighted by atomic mass is 32.1. The molecule has 0 aliphatic carbocycles. The molecule has 2 aliphatic rings. The first-order chi connectivity index (χ1) is 16.5. The monoisotopic (exact) mass is 492 g/mol. The van der Waals surface area contributed by atoms with Crippen LogP contribution >= 0.6 is 13.5 Å². The van der Waals surface area contributed by atoms with E-state index in [9.17, 15) is 10.1 Å². The Balaban J connectivity index is 0.00000289. The van der Waals surface area contributed by atoms with Gasteiger partial charge >= 0.3 is 0 Å². The minimum absolute atomic E-state index is 0. The van der Waals surface area contributed by atoms with Crippen molar-refractivity contribution in [3.8, 4) is 22.9 Å². The van der Waals surface area contributed by atoms with Crippen LogP contribution in [0.4, 0.5) is 5.82 Å². The average Bonchev–Trinajstić information content (AvgIpc) is 3.21. The van der Waals surface area contributed by atoms with Crippen molar-refractivity contribution in [1.82, 2.24) is 19.9 Å². The van der Waals surface area contributed by atoms with Gasteiger partial charge in [-0.25, -0.2) is 9.50 Å². The predicted molar refractivity (Wildman–Crippen MR) is 140 cm³/mol. The summed E-state index contributed by atoms with van der Waals surface area (Å²) in [5.74, 6) is 1.99. The van der Waals surface area contributed by atoms with Crippen LogP contribution in [-0.2, 0) is 4.79 Å². The summed E-state index contributed by atoms with van der Waals surface area (Å²) in [5.41, 5.74) is 3.11. The van der Waals surface area contributed by atoms with Crippen molar-refractivity contribution >= 4 is 30.6 Å². The van der Waals surface area contributed by atoms with Crippen molar-refractivity contribution in [2.75, 3.05) is 31.1 Å². The molecule has 1 N–H and O–H groups in total. The lowest BCUT2D eigenvalue weighted by Gasteiger charge is -2.41. The van der Waals surface area contributed by atoms with E-state index < -0.39 is 0 Å². The molecule has 0 saturated carbocycles. The first-order valence-electron chi connectivity index (χ1n) is 12.0. The molecule has 2 saturated heterocycles. The maximum atomic E-state index is 12.5. The Morgan fingerprint density at radius 2 is 2.09 bits per heavy atom. The van der Waals surface area contributed by atoms with E-state index >= 15 is 0 Å². The van der Waals surface area contributed by atoms with E-state index in [-0.39, 0.29) is 25.0 Å². The van der Waals surface area contributed by atoms with E-state index in [1.807, 2.05) is 31.3 Å². The maximum absolute atomic E-state index is 12.5. The summed E-state index contributed by atoms with van der Waals surface area (Å²) in [6, 6.07) is 8.33. The zero-order valence-corrected chi connectivity index (χ0v) is 21.3. The number of ketones is 1. The summed E-state index contributed by atoms with van der Waals surface area (Å²) in [6.45, 7) is 7.47. The molecule has 0 unspecified atom stereocenters. The van der Waals surface area contributed by atoms with Crippen molar-refractivity contribution in [2.24, 2.45) is 5.41 Å². The fourth-order valence-corrected chi connectivity index (χ4v) is 4.94. The van der Waals surface area contributed by atoms with Crippen LogP contribution in [0, 0.1) is 16.7 Å². The number of anilines is 1. The van der Waals surface area contributed by atoms with Crippen molar-refractivity contribution in [3.05, 3.63) is 42.4 Å². The zero-order valence-electron chi connectivity index (χ0n) is 20.3. The van der Waals surface area contributed by atoms with Gasteiger partial charge in [0.1, 0.15) is 23.4 Å². The van der Waals surface area contributed by atoms with E-state index in [4.69, 9.17) is 9.72 Å². The minimum atomic E-state index is 0. The quantitative estimate of drug-likeness (QED) is 0.537. The Hall–Kier alpha value is -3.09. The number of rotatable bonds is 7. The number of hydrogen-bond donors (Lipinski definition) is 1. The lowest BCUT2D eigenvalue weighted by molar-refractivity contribution is -0.125. The normalized spacial score (nSPS) is 18.9. The Morgan fingerprint density at radius 3 is 2.69 bits per heavy atom. The molecule has 184 valence electrons. The van der Waals surface area contributed by atoms with Crippen LogP contribution < -0.4 is 15.0 Å². The number of piperidine rings is 1. The first kappa shape index (κ1) is 25.0. The van der Waals surface area contributed by atoms with Crippen LogP contribution in [0.2, 0.25) is 0 Å². The van der Waals surface area contributed by atoms with Gasteiger partial charge in [0.2, 0.25) is 0 Å². The number of nitrogens with zero attached hydrogens (tertiary/aromatic N) is 5. The molecule has 5 rings (SSSR count). The van der Waals surface area contributed by atoms with E-state index in [0.717, 1.165) is 61.4 Å². The summed E-state index contributed by atoms with van der Waals surface area (Å²) >= 11 is 0. The van der Waals surface area contributed by atoms with Gasteiger partial charge in [0.15, 0.2) is 0 Å². The third kappa shape index (κ3) is 5.00. The minimum Gasteiger partial charge on any atom is -0.492 e. The largest absolute Gasteiger partial charge is 0.492 e. The summed E-state index contributed by atoms with van der Waals surface area (Å²) < 4.78 is 7.40. The molecule has 0 bridgehead atoms. The molecule has 2 aliphatic heterocycles. The number of aromatic nitrogens is 3. The van der Waals surface area contributed by atoms with Gasteiger partial charge in [-0.2, -0.15) is 23.9 Å². The smallest absolute Gasteiger partial charge is 0.150 e. The maximum Gasteiger partial charge on any atom is 0.150 e. The standard InChI is InChI=1S/C26H30N6O2.H2S/c1-3-34-20-12-21(25-19(14-27)16-30-32(25)17-20)18-4-5-24(29-15-18)31-10-7-26(2,8-11-31)13-23(33)22-6-9-28-22;/h4-5,12,15-17,22,28H,3,6-11,13H2,1-2H3;1H2/t22-;/m0./s1. The van der Waals surface area contributed by atoms with Gasteiger partial charge in [-0.15, -0.1) is 0 Å². The van der Waals surface area contributed by atoms with E-state index in [2.05, 4.69) is 28.3 Å². The molecule has 5 heterocycles. The van der Waals surface area contributed by atoms with Crippen LogP contribution in [0.15, 0.2) is 36.8 Å². The van der Waals surface area contributed by atoms with Crippen molar-refractivity contribution in [1.29, 1.82) is 5.26 Å². The van der Waals surface area contributed by atoms with Crippen molar-refractivity contribution in [3.63, 3.8) is 0 Å². The molecule has 9 heteroatoms. The fraction of sp³-hybridized carbons (Fsp3) is 0.462. The molecule has 3 aromatic heterocycles.